The lowest BCUT2D eigenvalue weighted by molar-refractivity contribution is 0.415. The monoisotopic (exact) mass is 341 g/mol. The van der Waals surface area contributed by atoms with Gasteiger partial charge in [0.1, 0.15) is 5.75 Å². The van der Waals surface area contributed by atoms with Gasteiger partial charge in [-0.15, -0.1) is 0 Å². The average Bonchev–Trinajstić information content (AvgIpc) is 2.55. The Labute approximate surface area is 144 Å². The van der Waals surface area contributed by atoms with Crippen molar-refractivity contribution in [2.75, 3.05) is 12.4 Å². The average molecular weight is 342 g/mol. The summed E-state index contributed by atoms with van der Waals surface area (Å²) in [6.07, 6.45) is 0. The molecular formula is C18H16ClN3O2. The summed E-state index contributed by atoms with van der Waals surface area (Å²) in [6.45, 7) is 1.80. The molecule has 1 aromatic heterocycles. The van der Waals surface area contributed by atoms with E-state index in [1.54, 1.807) is 32.2 Å². The minimum Gasteiger partial charge on any atom is -0.497 e. The van der Waals surface area contributed by atoms with Gasteiger partial charge >= 0.3 is 0 Å². The van der Waals surface area contributed by atoms with Gasteiger partial charge in [-0.3, -0.25) is 9.78 Å². The molecule has 3 aromatic rings. The summed E-state index contributed by atoms with van der Waals surface area (Å²) in [5.74, 6) is 1.14. The molecule has 0 radical (unpaired) electrons. The molecule has 0 aliphatic rings. The van der Waals surface area contributed by atoms with Crippen LogP contribution >= 0.6 is 11.6 Å². The molecule has 2 N–H and O–H groups in total. The van der Waals surface area contributed by atoms with Gasteiger partial charge in [-0.1, -0.05) is 23.7 Å². The van der Waals surface area contributed by atoms with Crippen LogP contribution in [0.25, 0.3) is 11.1 Å². The Balaban J connectivity index is 1.93. The van der Waals surface area contributed by atoms with E-state index in [1.165, 1.54) is 0 Å². The van der Waals surface area contributed by atoms with E-state index in [0.29, 0.717) is 22.2 Å². The molecule has 0 amide bonds. The summed E-state index contributed by atoms with van der Waals surface area (Å²) in [5.41, 5.74) is 2.45. The number of hydrogen-bond acceptors (Lipinski definition) is 4. The summed E-state index contributed by atoms with van der Waals surface area (Å²) in [6, 6.07) is 14.5. The molecule has 0 saturated carbocycles. The number of hydrogen-bond donors (Lipinski definition) is 2. The number of nitrogens with one attached hydrogen (secondary N) is 2. The number of nitrogens with zero attached hydrogens (tertiary/aromatic N) is 1. The van der Waals surface area contributed by atoms with Crippen molar-refractivity contribution in [3.8, 4) is 16.9 Å². The van der Waals surface area contributed by atoms with Gasteiger partial charge in [0.05, 0.1) is 18.4 Å². The second-order valence-corrected chi connectivity index (χ2v) is 5.68. The van der Waals surface area contributed by atoms with Gasteiger partial charge in [0, 0.05) is 10.7 Å². The van der Waals surface area contributed by atoms with Crippen molar-refractivity contribution in [2.24, 2.45) is 0 Å². The lowest BCUT2D eigenvalue weighted by Crippen LogP contribution is -2.15. The van der Waals surface area contributed by atoms with E-state index in [1.807, 2.05) is 30.3 Å². The second-order valence-electron chi connectivity index (χ2n) is 5.24. The van der Waals surface area contributed by atoms with Crippen LogP contribution in [-0.2, 0) is 0 Å². The van der Waals surface area contributed by atoms with Gasteiger partial charge in [-0.05, 0) is 48.9 Å². The molecule has 0 saturated heterocycles. The number of ether oxygens (including phenoxy) is 1. The summed E-state index contributed by atoms with van der Waals surface area (Å²) < 4.78 is 5.12. The van der Waals surface area contributed by atoms with E-state index < -0.39 is 0 Å². The summed E-state index contributed by atoms with van der Waals surface area (Å²) >= 11 is 6.01. The standard InChI is InChI=1S/C18H16ClN3O2/c1-11-16(12-4-3-5-13(19)10-12)17(23)22-18(20-11)21-14-6-8-15(24-2)9-7-14/h3-10H,1-2H3,(H2,20,21,22,23). The van der Waals surface area contributed by atoms with E-state index in [4.69, 9.17) is 16.3 Å². The highest BCUT2D eigenvalue weighted by Crippen LogP contribution is 2.23. The fourth-order valence-corrected chi connectivity index (χ4v) is 2.63. The fourth-order valence-electron chi connectivity index (χ4n) is 2.44. The van der Waals surface area contributed by atoms with Gasteiger partial charge in [0.15, 0.2) is 0 Å². The third kappa shape index (κ3) is 3.41. The smallest absolute Gasteiger partial charge is 0.260 e. The van der Waals surface area contributed by atoms with E-state index in [2.05, 4.69) is 15.3 Å². The van der Waals surface area contributed by atoms with E-state index in [9.17, 15) is 4.79 Å². The van der Waals surface area contributed by atoms with E-state index >= 15 is 0 Å². The van der Waals surface area contributed by atoms with Crippen LogP contribution in [0.15, 0.2) is 53.3 Å². The van der Waals surface area contributed by atoms with Crippen LogP contribution in [0.4, 0.5) is 11.6 Å². The first-order valence-electron chi connectivity index (χ1n) is 7.35. The Morgan fingerprint density at radius 3 is 2.54 bits per heavy atom. The number of anilines is 2. The van der Waals surface area contributed by atoms with Crippen LogP contribution in [0.3, 0.4) is 0 Å². The van der Waals surface area contributed by atoms with Crippen molar-refractivity contribution < 1.29 is 4.74 Å². The first-order chi connectivity index (χ1) is 11.6. The number of aromatic amines is 1. The van der Waals surface area contributed by atoms with Crippen molar-refractivity contribution in [1.29, 1.82) is 0 Å². The lowest BCUT2D eigenvalue weighted by Gasteiger charge is -2.10. The number of aryl methyl sites for hydroxylation is 1. The van der Waals surface area contributed by atoms with Gasteiger partial charge in [-0.2, -0.15) is 0 Å². The Morgan fingerprint density at radius 2 is 1.92 bits per heavy atom. The molecule has 0 bridgehead atoms. The predicted molar refractivity (Wildman–Crippen MR) is 96.3 cm³/mol. The normalized spacial score (nSPS) is 10.5. The molecule has 3 rings (SSSR count). The van der Waals surface area contributed by atoms with Crippen molar-refractivity contribution in [3.05, 3.63) is 69.6 Å². The molecular weight excluding hydrogens is 326 g/mol. The highest BCUT2D eigenvalue weighted by atomic mass is 35.5. The largest absolute Gasteiger partial charge is 0.497 e. The third-order valence-corrected chi connectivity index (χ3v) is 3.80. The lowest BCUT2D eigenvalue weighted by atomic mass is 10.1. The van der Waals surface area contributed by atoms with Crippen LogP contribution in [0, 0.1) is 6.92 Å². The Kier molecular flexibility index (Phi) is 4.53. The molecule has 0 unspecified atom stereocenters. The van der Waals surface area contributed by atoms with Gasteiger partial charge < -0.3 is 10.1 Å². The number of H-pyrrole nitrogens is 1. The number of aromatic nitrogens is 2. The van der Waals surface area contributed by atoms with Crippen LogP contribution in [-0.4, -0.2) is 17.1 Å². The topological polar surface area (TPSA) is 67.0 Å². The summed E-state index contributed by atoms with van der Waals surface area (Å²) in [7, 11) is 1.61. The molecule has 0 aliphatic heterocycles. The number of rotatable bonds is 4. The Morgan fingerprint density at radius 1 is 1.17 bits per heavy atom. The van der Waals surface area contributed by atoms with Crippen LogP contribution in [0.5, 0.6) is 5.75 Å². The minimum atomic E-state index is -0.222. The number of methoxy groups -OCH3 is 1. The highest BCUT2D eigenvalue weighted by molar-refractivity contribution is 6.30. The summed E-state index contributed by atoms with van der Waals surface area (Å²) in [4.78, 5) is 19.7. The zero-order valence-corrected chi connectivity index (χ0v) is 14.0. The quantitative estimate of drug-likeness (QED) is 0.748. The molecule has 5 nitrogen and oxygen atoms in total. The van der Waals surface area contributed by atoms with Crippen LogP contribution < -0.4 is 15.6 Å². The summed E-state index contributed by atoms with van der Waals surface area (Å²) in [5, 5.41) is 3.65. The van der Waals surface area contributed by atoms with Crippen molar-refractivity contribution in [2.45, 2.75) is 6.92 Å². The van der Waals surface area contributed by atoms with E-state index in [-0.39, 0.29) is 5.56 Å². The zero-order chi connectivity index (χ0) is 17.1. The maximum absolute atomic E-state index is 12.5. The predicted octanol–water partition coefficient (Wildman–Crippen LogP) is 4.15. The Bertz CT molecular complexity index is 920. The molecule has 0 aliphatic carbocycles. The van der Waals surface area contributed by atoms with Crippen LogP contribution in [0.2, 0.25) is 5.02 Å². The van der Waals surface area contributed by atoms with Crippen molar-refractivity contribution in [1.82, 2.24) is 9.97 Å². The van der Waals surface area contributed by atoms with Gasteiger partial charge in [0.2, 0.25) is 5.95 Å². The molecule has 1 heterocycles. The van der Waals surface area contributed by atoms with E-state index in [0.717, 1.165) is 17.0 Å². The molecule has 0 fully saturated rings. The van der Waals surface area contributed by atoms with Gasteiger partial charge in [0.25, 0.3) is 5.56 Å². The maximum atomic E-state index is 12.5. The number of halogens is 1. The molecule has 24 heavy (non-hydrogen) atoms. The molecule has 6 heteroatoms. The fraction of sp³-hybridized carbons (Fsp3) is 0.111. The molecule has 0 atom stereocenters. The highest BCUT2D eigenvalue weighted by Gasteiger charge is 2.11. The van der Waals surface area contributed by atoms with Crippen LogP contribution in [0.1, 0.15) is 5.69 Å². The zero-order valence-electron chi connectivity index (χ0n) is 13.3. The SMILES string of the molecule is COc1ccc(Nc2nc(C)c(-c3cccc(Cl)c3)c(=O)[nH]2)cc1. The second kappa shape index (κ2) is 6.76. The molecule has 0 spiro atoms. The minimum absolute atomic E-state index is 0.222. The molecule has 122 valence electrons. The maximum Gasteiger partial charge on any atom is 0.260 e. The van der Waals surface area contributed by atoms with Crippen molar-refractivity contribution in [3.63, 3.8) is 0 Å². The first-order valence-corrected chi connectivity index (χ1v) is 7.72. The molecule has 2 aromatic carbocycles. The first kappa shape index (κ1) is 16.1. The van der Waals surface area contributed by atoms with Gasteiger partial charge in [-0.25, -0.2) is 4.98 Å². The number of benzene rings is 2. The Hall–Kier alpha value is -2.79. The van der Waals surface area contributed by atoms with Crippen molar-refractivity contribution >= 4 is 23.2 Å². The third-order valence-electron chi connectivity index (χ3n) is 3.57.